The van der Waals surface area contributed by atoms with E-state index in [0.717, 1.165) is 13.1 Å². The van der Waals surface area contributed by atoms with Gasteiger partial charge in [-0.3, -0.25) is 0 Å². The fourth-order valence-corrected chi connectivity index (χ4v) is 1.88. The molecule has 7 heteroatoms. The molecule has 1 aromatic heterocycles. The van der Waals surface area contributed by atoms with E-state index in [1.165, 1.54) is 7.11 Å². The average molecular weight is 274 g/mol. The Morgan fingerprint density at radius 1 is 1.28 bits per heavy atom. The number of halogens is 1. The highest BCUT2D eigenvalue weighted by atomic mass is 35.5. The summed E-state index contributed by atoms with van der Waals surface area (Å²) in [5.74, 6) is 0.429. The Labute approximate surface area is 113 Å². The van der Waals surface area contributed by atoms with Crippen LogP contribution in [0.1, 0.15) is 13.8 Å². The van der Waals surface area contributed by atoms with Crippen molar-refractivity contribution >= 4 is 17.5 Å². The quantitative estimate of drug-likeness (QED) is 0.848. The number of hydrogen-bond donors (Lipinski definition) is 1. The molecule has 0 bridgehead atoms. The van der Waals surface area contributed by atoms with E-state index in [4.69, 9.17) is 16.3 Å². The molecule has 0 saturated heterocycles. The number of aromatic nitrogens is 3. The van der Waals surface area contributed by atoms with Crippen LogP contribution in [-0.2, 0) is 0 Å². The molecule has 0 saturated carbocycles. The third-order valence-electron chi connectivity index (χ3n) is 2.24. The van der Waals surface area contributed by atoms with E-state index in [1.54, 1.807) is 0 Å². The van der Waals surface area contributed by atoms with Crippen molar-refractivity contribution in [2.75, 3.05) is 39.6 Å². The third-order valence-corrected chi connectivity index (χ3v) is 2.41. The maximum Gasteiger partial charge on any atom is 0.322 e. The number of anilines is 1. The molecule has 6 nitrogen and oxygen atoms in total. The van der Waals surface area contributed by atoms with E-state index in [0.29, 0.717) is 5.95 Å². The Morgan fingerprint density at radius 3 is 2.50 bits per heavy atom. The molecule has 0 aliphatic rings. The van der Waals surface area contributed by atoms with Crippen LogP contribution in [0.3, 0.4) is 0 Å². The van der Waals surface area contributed by atoms with Gasteiger partial charge in [0, 0.05) is 13.1 Å². The Kier molecular flexibility index (Phi) is 5.10. The maximum absolute atomic E-state index is 5.77. The molecule has 0 radical (unpaired) electrons. The summed E-state index contributed by atoms with van der Waals surface area (Å²) in [4.78, 5) is 14.0. The topological polar surface area (TPSA) is 63.2 Å². The second-order valence-electron chi connectivity index (χ2n) is 5.17. The van der Waals surface area contributed by atoms with Crippen LogP contribution >= 0.6 is 11.6 Å². The van der Waals surface area contributed by atoms with Crippen molar-refractivity contribution in [2.45, 2.75) is 13.8 Å². The molecule has 0 unspecified atom stereocenters. The van der Waals surface area contributed by atoms with Crippen LogP contribution in [0.5, 0.6) is 6.01 Å². The van der Waals surface area contributed by atoms with Gasteiger partial charge in [0.15, 0.2) is 0 Å². The summed E-state index contributed by atoms with van der Waals surface area (Å²) in [5, 5.41) is 3.27. The van der Waals surface area contributed by atoms with Crippen LogP contribution in [0.15, 0.2) is 0 Å². The van der Waals surface area contributed by atoms with Gasteiger partial charge in [-0.1, -0.05) is 13.8 Å². The van der Waals surface area contributed by atoms with E-state index < -0.39 is 0 Å². The second-order valence-corrected chi connectivity index (χ2v) is 5.51. The van der Waals surface area contributed by atoms with Crippen LogP contribution in [0, 0.1) is 5.41 Å². The molecule has 18 heavy (non-hydrogen) atoms. The van der Waals surface area contributed by atoms with Crippen molar-refractivity contribution in [3.8, 4) is 6.01 Å². The number of nitrogens with zero attached hydrogens (tertiary/aromatic N) is 4. The van der Waals surface area contributed by atoms with Gasteiger partial charge in [0.2, 0.25) is 11.2 Å². The number of methoxy groups -OCH3 is 1. The molecule has 1 rings (SSSR count). The van der Waals surface area contributed by atoms with Gasteiger partial charge in [0.05, 0.1) is 7.11 Å². The maximum atomic E-state index is 5.77. The molecule has 0 aliphatic heterocycles. The van der Waals surface area contributed by atoms with Crippen molar-refractivity contribution in [2.24, 2.45) is 5.41 Å². The Balaban J connectivity index is 2.65. The first kappa shape index (κ1) is 14.9. The standard InChI is InChI=1S/C11H20ClN5O/c1-11(2,7-17(3)4)6-13-9-14-8(12)15-10(16-9)18-5/h6-7H2,1-5H3,(H,13,14,15,16). The van der Waals surface area contributed by atoms with Gasteiger partial charge in [-0.25, -0.2) is 0 Å². The predicted octanol–water partition coefficient (Wildman–Crippen LogP) is 1.53. The van der Waals surface area contributed by atoms with Crippen LogP contribution in [0.2, 0.25) is 5.28 Å². The summed E-state index contributed by atoms with van der Waals surface area (Å²) >= 11 is 5.77. The van der Waals surface area contributed by atoms with Crippen molar-refractivity contribution in [3.63, 3.8) is 0 Å². The third kappa shape index (κ3) is 5.01. The van der Waals surface area contributed by atoms with E-state index >= 15 is 0 Å². The van der Waals surface area contributed by atoms with Gasteiger partial charge in [0.1, 0.15) is 0 Å². The predicted molar refractivity (Wildman–Crippen MR) is 72.2 cm³/mol. The lowest BCUT2D eigenvalue weighted by Gasteiger charge is -2.28. The van der Waals surface area contributed by atoms with Crippen LogP contribution in [-0.4, -0.2) is 54.1 Å². The molecule has 0 aliphatic carbocycles. The minimum atomic E-state index is 0.0931. The molecule has 102 valence electrons. The number of rotatable bonds is 6. The van der Waals surface area contributed by atoms with Crippen molar-refractivity contribution < 1.29 is 4.74 Å². The normalized spacial score (nSPS) is 11.7. The van der Waals surface area contributed by atoms with Crippen molar-refractivity contribution in [1.29, 1.82) is 0 Å². The summed E-state index contributed by atoms with van der Waals surface area (Å²) in [7, 11) is 5.58. The van der Waals surface area contributed by atoms with E-state index in [-0.39, 0.29) is 16.7 Å². The van der Waals surface area contributed by atoms with Crippen molar-refractivity contribution in [3.05, 3.63) is 5.28 Å². The highest BCUT2D eigenvalue weighted by Crippen LogP contribution is 2.17. The molecular weight excluding hydrogens is 254 g/mol. The summed E-state index contributed by atoms with van der Waals surface area (Å²) in [5.41, 5.74) is 0.0931. The molecular formula is C11H20ClN5O. The lowest BCUT2D eigenvalue weighted by Crippen LogP contribution is -2.34. The molecule has 0 fully saturated rings. The minimum absolute atomic E-state index is 0.0931. The van der Waals surface area contributed by atoms with Gasteiger partial charge in [0.25, 0.3) is 0 Å². The smallest absolute Gasteiger partial charge is 0.322 e. The number of ether oxygens (including phenoxy) is 1. The van der Waals surface area contributed by atoms with Gasteiger partial charge in [-0.05, 0) is 31.1 Å². The Morgan fingerprint density at radius 2 is 1.94 bits per heavy atom. The summed E-state index contributed by atoms with van der Waals surface area (Å²) in [6.45, 7) is 6.02. The fourth-order valence-electron chi connectivity index (χ4n) is 1.73. The van der Waals surface area contributed by atoms with Crippen LogP contribution in [0.25, 0.3) is 0 Å². The lowest BCUT2D eigenvalue weighted by atomic mass is 9.93. The first-order valence-corrected chi connectivity index (χ1v) is 6.04. The van der Waals surface area contributed by atoms with E-state index in [1.807, 2.05) is 14.1 Å². The van der Waals surface area contributed by atoms with Crippen molar-refractivity contribution in [1.82, 2.24) is 19.9 Å². The minimum Gasteiger partial charge on any atom is -0.467 e. The van der Waals surface area contributed by atoms with Gasteiger partial charge in [-0.15, -0.1) is 0 Å². The zero-order chi connectivity index (χ0) is 13.8. The largest absolute Gasteiger partial charge is 0.467 e. The summed E-state index contributed by atoms with van der Waals surface area (Å²) in [6, 6.07) is 0.211. The highest BCUT2D eigenvalue weighted by Gasteiger charge is 2.19. The van der Waals surface area contributed by atoms with Gasteiger partial charge < -0.3 is 15.0 Å². The highest BCUT2D eigenvalue weighted by molar-refractivity contribution is 6.28. The molecule has 1 N–H and O–H groups in total. The molecule has 1 aromatic rings. The Bertz CT molecular complexity index is 397. The fraction of sp³-hybridized carbons (Fsp3) is 0.727. The first-order chi connectivity index (χ1) is 8.32. The molecule has 1 heterocycles. The first-order valence-electron chi connectivity index (χ1n) is 5.66. The average Bonchev–Trinajstić information content (AvgIpc) is 2.24. The number of nitrogens with one attached hydrogen (secondary N) is 1. The molecule has 0 amide bonds. The zero-order valence-corrected chi connectivity index (χ0v) is 12.2. The summed E-state index contributed by atoms with van der Waals surface area (Å²) in [6.07, 6.45) is 0. The number of hydrogen-bond acceptors (Lipinski definition) is 6. The van der Waals surface area contributed by atoms with Crippen LogP contribution < -0.4 is 10.1 Å². The monoisotopic (exact) mass is 273 g/mol. The molecule has 0 atom stereocenters. The molecule has 0 aromatic carbocycles. The lowest BCUT2D eigenvalue weighted by molar-refractivity contribution is 0.253. The van der Waals surface area contributed by atoms with Crippen LogP contribution in [0.4, 0.5) is 5.95 Å². The van der Waals surface area contributed by atoms with Gasteiger partial charge >= 0.3 is 6.01 Å². The van der Waals surface area contributed by atoms with Gasteiger partial charge in [-0.2, -0.15) is 15.0 Å². The zero-order valence-electron chi connectivity index (χ0n) is 11.5. The second kappa shape index (κ2) is 6.15. The molecule has 0 spiro atoms. The SMILES string of the molecule is COc1nc(Cl)nc(NCC(C)(C)CN(C)C)n1. The van der Waals surface area contributed by atoms with E-state index in [9.17, 15) is 0 Å². The van der Waals surface area contributed by atoms with E-state index in [2.05, 4.69) is 39.0 Å². The Hall–Kier alpha value is -1.14. The summed E-state index contributed by atoms with van der Waals surface area (Å²) < 4.78 is 4.94.